The van der Waals surface area contributed by atoms with Gasteiger partial charge in [-0.2, -0.15) is 0 Å². The maximum absolute atomic E-state index is 12.7. The summed E-state index contributed by atoms with van der Waals surface area (Å²) in [5.41, 5.74) is 5.12. The van der Waals surface area contributed by atoms with Gasteiger partial charge in [0.1, 0.15) is 5.82 Å². The van der Waals surface area contributed by atoms with Gasteiger partial charge in [0.2, 0.25) is 0 Å². The van der Waals surface area contributed by atoms with Crippen LogP contribution in [0.4, 0.5) is 5.69 Å². The van der Waals surface area contributed by atoms with Crippen LogP contribution in [0.25, 0.3) is 0 Å². The van der Waals surface area contributed by atoms with Crippen LogP contribution in [-0.2, 0) is 19.4 Å². The number of amides is 1. The summed E-state index contributed by atoms with van der Waals surface area (Å²) in [6, 6.07) is 14.0. The maximum atomic E-state index is 12.7. The van der Waals surface area contributed by atoms with Crippen LogP contribution in [0.3, 0.4) is 0 Å². The van der Waals surface area contributed by atoms with Crippen molar-refractivity contribution in [1.82, 2.24) is 9.55 Å². The summed E-state index contributed by atoms with van der Waals surface area (Å²) in [5.74, 6) is 0.918. The Morgan fingerprint density at radius 1 is 1.04 bits per heavy atom. The van der Waals surface area contributed by atoms with Gasteiger partial charge in [-0.15, -0.1) is 0 Å². The van der Waals surface area contributed by atoms with E-state index in [1.807, 2.05) is 37.4 Å². The highest BCUT2D eigenvalue weighted by molar-refractivity contribution is 6.05. The van der Waals surface area contributed by atoms with Crippen LogP contribution in [0.2, 0.25) is 0 Å². The third-order valence-electron chi connectivity index (χ3n) is 4.73. The summed E-state index contributed by atoms with van der Waals surface area (Å²) in [6.07, 6.45) is 5.55. The molecule has 26 heavy (non-hydrogen) atoms. The molecule has 0 fully saturated rings. The number of carbonyl (C=O) groups is 1. The fourth-order valence-corrected chi connectivity index (χ4v) is 3.12. The van der Waals surface area contributed by atoms with E-state index in [9.17, 15) is 4.79 Å². The summed E-state index contributed by atoms with van der Waals surface area (Å²) in [6.45, 7) is 6.96. The van der Waals surface area contributed by atoms with Crippen LogP contribution < -0.4 is 5.32 Å². The number of para-hydroxylation sites is 1. The van der Waals surface area contributed by atoms with Crippen LogP contribution in [0.1, 0.15) is 46.7 Å². The Labute approximate surface area is 154 Å². The molecule has 0 unspecified atom stereocenters. The second kappa shape index (κ2) is 8.00. The molecule has 0 bridgehead atoms. The highest BCUT2D eigenvalue weighted by Gasteiger charge is 2.12. The molecular formula is C22H25N3O. The van der Waals surface area contributed by atoms with E-state index in [0.29, 0.717) is 5.56 Å². The molecule has 1 heterocycles. The van der Waals surface area contributed by atoms with Crippen molar-refractivity contribution >= 4 is 11.6 Å². The molecule has 3 rings (SSSR count). The minimum atomic E-state index is -0.0639. The first-order valence-corrected chi connectivity index (χ1v) is 9.11. The lowest BCUT2D eigenvalue weighted by molar-refractivity contribution is 0.102. The second-order valence-electron chi connectivity index (χ2n) is 6.41. The molecular weight excluding hydrogens is 322 g/mol. The smallest absolute Gasteiger partial charge is 0.255 e. The van der Waals surface area contributed by atoms with E-state index in [2.05, 4.69) is 46.9 Å². The predicted molar refractivity (Wildman–Crippen MR) is 106 cm³/mol. The number of carbonyl (C=O) groups excluding carboxylic acids is 1. The Hall–Kier alpha value is -2.88. The van der Waals surface area contributed by atoms with E-state index >= 15 is 0 Å². The van der Waals surface area contributed by atoms with Gasteiger partial charge in [-0.05, 0) is 48.6 Å². The van der Waals surface area contributed by atoms with Crippen molar-refractivity contribution in [3.63, 3.8) is 0 Å². The largest absolute Gasteiger partial charge is 0.331 e. The zero-order valence-electron chi connectivity index (χ0n) is 15.6. The van der Waals surface area contributed by atoms with E-state index in [0.717, 1.165) is 36.5 Å². The van der Waals surface area contributed by atoms with Gasteiger partial charge in [0, 0.05) is 30.2 Å². The van der Waals surface area contributed by atoms with Gasteiger partial charge >= 0.3 is 0 Å². The van der Waals surface area contributed by atoms with Gasteiger partial charge in [-0.25, -0.2) is 4.98 Å². The molecule has 0 atom stereocenters. The first kappa shape index (κ1) is 17.9. The van der Waals surface area contributed by atoms with Gasteiger partial charge in [-0.1, -0.05) is 44.2 Å². The topological polar surface area (TPSA) is 46.9 Å². The summed E-state index contributed by atoms with van der Waals surface area (Å²) >= 11 is 0. The number of hydrogen-bond acceptors (Lipinski definition) is 2. The van der Waals surface area contributed by atoms with E-state index in [1.54, 1.807) is 6.20 Å². The minimum absolute atomic E-state index is 0.0639. The molecule has 1 N–H and O–H groups in total. The normalized spacial score (nSPS) is 10.7. The van der Waals surface area contributed by atoms with Crippen LogP contribution in [0, 0.1) is 6.92 Å². The van der Waals surface area contributed by atoms with Crippen LogP contribution >= 0.6 is 0 Å². The lowest BCUT2D eigenvalue weighted by Gasteiger charge is -2.14. The zero-order chi connectivity index (χ0) is 18.5. The van der Waals surface area contributed by atoms with Crippen molar-refractivity contribution in [2.24, 2.45) is 0 Å². The highest BCUT2D eigenvalue weighted by Crippen LogP contribution is 2.23. The molecule has 4 heteroatoms. The Morgan fingerprint density at radius 2 is 1.69 bits per heavy atom. The average Bonchev–Trinajstić information content (AvgIpc) is 3.07. The fraction of sp³-hybridized carbons (Fsp3) is 0.273. The van der Waals surface area contributed by atoms with Gasteiger partial charge in [0.15, 0.2) is 0 Å². The monoisotopic (exact) mass is 347 g/mol. The van der Waals surface area contributed by atoms with Crippen molar-refractivity contribution < 1.29 is 4.79 Å². The molecule has 0 aliphatic carbocycles. The van der Waals surface area contributed by atoms with Crippen molar-refractivity contribution in [3.05, 3.63) is 82.9 Å². The molecule has 0 aliphatic rings. The lowest BCUT2D eigenvalue weighted by atomic mass is 10.0. The number of rotatable bonds is 6. The zero-order valence-corrected chi connectivity index (χ0v) is 15.6. The van der Waals surface area contributed by atoms with Crippen LogP contribution in [0.15, 0.2) is 54.9 Å². The molecule has 134 valence electrons. The molecule has 0 aliphatic heterocycles. The van der Waals surface area contributed by atoms with Crippen molar-refractivity contribution in [2.45, 2.75) is 40.2 Å². The lowest BCUT2D eigenvalue weighted by Crippen LogP contribution is -2.15. The number of aromatic nitrogens is 2. The van der Waals surface area contributed by atoms with Gasteiger partial charge in [-0.3, -0.25) is 4.79 Å². The first-order valence-electron chi connectivity index (χ1n) is 9.11. The number of nitrogens with one attached hydrogen (secondary N) is 1. The molecule has 1 amide bonds. The fourth-order valence-electron chi connectivity index (χ4n) is 3.12. The van der Waals surface area contributed by atoms with Crippen LogP contribution in [-0.4, -0.2) is 15.5 Å². The van der Waals surface area contributed by atoms with E-state index in [1.165, 1.54) is 11.1 Å². The summed E-state index contributed by atoms with van der Waals surface area (Å²) in [4.78, 5) is 16.9. The van der Waals surface area contributed by atoms with E-state index in [4.69, 9.17) is 0 Å². The Balaban J connectivity index is 1.76. The second-order valence-corrected chi connectivity index (χ2v) is 6.41. The Kier molecular flexibility index (Phi) is 5.52. The molecule has 2 aromatic carbocycles. The molecule has 4 nitrogen and oxygen atoms in total. The van der Waals surface area contributed by atoms with Crippen LogP contribution in [0.5, 0.6) is 0 Å². The number of aryl methyl sites for hydroxylation is 3. The minimum Gasteiger partial charge on any atom is -0.331 e. The van der Waals surface area contributed by atoms with E-state index < -0.39 is 0 Å². The molecule has 0 radical (unpaired) electrons. The molecule has 3 aromatic rings. The third kappa shape index (κ3) is 3.85. The maximum Gasteiger partial charge on any atom is 0.255 e. The average molecular weight is 347 g/mol. The molecule has 0 spiro atoms. The van der Waals surface area contributed by atoms with Gasteiger partial charge < -0.3 is 9.88 Å². The van der Waals surface area contributed by atoms with Crippen molar-refractivity contribution in [2.75, 3.05) is 5.32 Å². The number of anilines is 1. The SMILES string of the molecule is CCc1cccc(CC)c1NC(=O)c1ccc(Cn2ccnc2C)cc1. The van der Waals surface area contributed by atoms with Gasteiger partial charge in [0.05, 0.1) is 0 Å². The molecule has 0 saturated carbocycles. The number of nitrogens with zero attached hydrogens (tertiary/aromatic N) is 2. The predicted octanol–water partition coefficient (Wildman–Crippen LogP) is 4.62. The third-order valence-corrected chi connectivity index (χ3v) is 4.73. The van der Waals surface area contributed by atoms with E-state index in [-0.39, 0.29) is 5.91 Å². The quantitative estimate of drug-likeness (QED) is 0.707. The van der Waals surface area contributed by atoms with Crippen molar-refractivity contribution in [1.29, 1.82) is 0 Å². The number of hydrogen-bond donors (Lipinski definition) is 1. The summed E-state index contributed by atoms with van der Waals surface area (Å²) in [5, 5.41) is 3.12. The summed E-state index contributed by atoms with van der Waals surface area (Å²) in [7, 11) is 0. The Bertz CT molecular complexity index is 872. The van der Waals surface area contributed by atoms with Gasteiger partial charge in [0.25, 0.3) is 5.91 Å². The van der Waals surface area contributed by atoms with Crippen molar-refractivity contribution in [3.8, 4) is 0 Å². The highest BCUT2D eigenvalue weighted by atomic mass is 16.1. The molecule has 0 saturated heterocycles. The molecule has 1 aromatic heterocycles. The first-order chi connectivity index (χ1) is 12.6. The standard InChI is InChI=1S/C22H25N3O/c1-4-18-7-6-8-19(5-2)21(18)24-22(26)20-11-9-17(10-12-20)15-25-14-13-23-16(25)3/h6-14H,4-5,15H2,1-3H3,(H,24,26). The number of benzene rings is 2. The Morgan fingerprint density at radius 3 is 2.23 bits per heavy atom. The number of imidazole rings is 1. The summed E-state index contributed by atoms with van der Waals surface area (Å²) < 4.78 is 2.08.